The molecule has 3 heteroatoms. The maximum atomic E-state index is 5.87. The van der Waals surface area contributed by atoms with Gasteiger partial charge in [-0.3, -0.25) is 0 Å². The van der Waals surface area contributed by atoms with Gasteiger partial charge in [-0.15, -0.1) is 11.6 Å². The van der Waals surface area contributed by atoms with E-state index in [1.54, 1.807) is 7.11 Å². The fourth-order valence-electron chi connectivity index (χ4n) is 1.96. The van der Waals surface area contributed by atoms with E-state index in [1.807, 2.05) is 12.1 Å². The molecule has 0 aliphatic heterocycles. The number of methoxy groups -OCH3 is 1. The minimum Gasteiger partial charge on any atom is -0.496 e. The van der Waals surface area contributed by atoms with E-state index >= 15 is 0 Å². The van der Waals surface area contributed by atoms with Gasteiger partial charge in [0.1, 0.15) is 5.75 Å². The van der Waals surface area contributed by atoms with Crippen LogP contribution in [0.2, 0.25) is 0 Å². The molecule has 0 saturated carbocycles. The minimum absolute atomic E-state index is 0.449. The van der Waals surface area contributed by atoms with Crippen molar-refractivity contribution in [3.63, 3.8) is 0 Å². The molecule has 1 aromatic carbocycles. The smallest absolute Gasteiger partial charge is 0.122 e. The quantitative estimate of drug-likeness (QED) is 0.708. The van der Waals surface area contributed by atoms with Crippen molar-refractivity contribution in [1.82, 2.24) is 0 Å². The van der Waals surface area contributed by atoms with Crippen molar-refractivity contribution < 1.29 is 4.74 Å². The summed E-state index contributed by atoms with van der Waals surface area (Å²) in [6.07, 6.45) is 0.978. The Hall–Kier alpha value is -0.210. The number of rotatable bonds is 5. The number of benzene rings is 1. The van der Waals surface area contributed by atoms with Gasteiger partial charge in [0.2, 0.25) is 0 Å². The Morgan fingerprint density at radius 3 is 2.56 bits per heavy atom. The van der Waals surface area contributed by atoms with Crippen molar-refractivity contribution in [2.24, 2.45) is 5.92 Å². The standard InChI is InChI=1S/C13H18BrClO/c1-9(2)11(6-7-15)12-8-10(14)4-5-13(12)16-3/h4-5,8-9,11H,6-7H2,1-3H3. The van der Waals surface area contributed by atoms with Crippen molar-refractivity contribution in [3.8, 4) is 5.75 Å². The van der Waals surface area contributed by atoms with Gasteiger partial charge in [0.15, 0.2) is 0 Å². The van der Waals surface area contributed by atoms with Crippen LogP contribution in [0.1, 0.15) is 31.7 Å². The summed E-state index contributed by atoms with van der Waals surface area (Å²) in [4.78, 5) is 0. The molecule has 1 atom stereocenters. The molecule has 0 aromatic heterocycles. The van der Waals surface area contributed by atoms with Gasteiger partial charge in [-0.25, -0.2) is 0 Å². The second kappa shape index (κ2) is 6.51. The van der Waals surface area contributed by atoms with E-state index < -0.39 is 0 Å². The molecule has 1 unspecified atom stereocenters. The van der Waals surface area contributed by atoms with Gasteiger partial charge in [0.05, 0.1) is 7.11 Å². The highest BCUT2D eigenvalue weighted by Gasteiger charge is 2.19. The average molecular weight is 306 g/mol. The van der Waals surface area contributed by atoms with Crippen LogP contribution in [0.4, 0.5) is 0 Å². The summed E-state index contributed by atoms with van der Waals surface area (Å²) in [5, 5.41) is 0. The number of hydrogen-bond acceptors (Lipinski definition) is 1. The molecule has 1 nitrogen and oxygen atoms in total. The second-order valence-electron chi connectivity index (χ2n) is 4.21. The fraction of sp³-hybridized carbons (Fsp3) is 0.538. The number of hydrogen-bond donors (Lipinski definition) is 0. The Labute approximate surface area is 111 Å². The molecule has 0 amide bonds. The first kappa shape index (κ1) is 13.9. The molecule has 0 spiro atoms. The molecule has 16 heavy (non-hydrogen) atoms. The molecule has 0 N–H and O–H groups in total. The number of alkyl halides is 1. The Bertz CT molecular complexity index is 339. The van der Waals surface area contributed by atoms with Gasteiger partial charge in [-0.1, -0.05) is 29.8 Å². The van der Waals surface area contributed by atoms with E-state index in [1.165, 1.54) is 5.56 Å². The van der Waals surface area contributed by atoms with Crippen LogP contribution in [0.3, 0.4) is 0 Å². The maximum absolute atomic E-state index is 5.87. The summed E-state index contributed by atoms with van der Waals surface area (Å²) in [6.45, 7) is 4.44. The van der Waals surface area contributed by atoms with Gasteiger partial charge < -0.3 is 4.74 Å². The molecule has 1 aromatic rings. The first-order chi connectivity index (χ1) is 7.60. The average Bonchev–Trinajstić information content (AvgIpc) is 2.25. The Balaban J connectivity index is 3.10. The predicted molar refractivity (Wildman–Crippen MR) is 73.6 cm³/mol. The Morgan fingerprint density at radius 2 is 2.06 bits per heavy atom. The normalized spacial score (nSPS) is 12.9. The molecule has 0 saturated heterocycles. The van der Waals surface area contributed by atoms with Crippen LogP contribution in [0.25, 0.3) is 0 Å². The largest absolute Gasteiger partial charge is 0.496 e. The molecule has 0 aliphatic carbocycles. The molecule has 0 radical (unpaired) electrons. The topological polar surface area (TPSA) is 9.23 Å². The predicted octanol–water partition coefficient (Wildman–Crippen LogP) is 4.83. The third kappa shape index (κ3) is 3.39. The number of halogens is 2. The van der Waals surface area contributed by atoms with E-state index in [0.29, 0.717) is 17.7 Å². The fourth-order valence-corrected chi connectivity index (χ4v) is 2.57. The highest BCUT2D eigenvalue weighted by atomic mass is 79.9. The van der Waals surface area contributed by atoms with Gasteiger partial charge >= 0.3 is 0 Å². The summed E-state index contributed by atoms with van der Waals surface area (Å²) < 4.78 is 6.50. The minimum atomic E-state index is 0.449. The lowest BCUT2D eigenvalue weighted by Crippen LogP contribution is -2.09. The molecule has 90 valence electrons. The molecule has 0 bridgehead atoms. The van der Waals surface area contributed by atoms with Crippen LogP contribution < -0.4 is 4.74 Å². The SMILES string of the molecule is COc1ccc(Br)cc1C(CCCl)C(C)C. The molecule has 1 rings (SSSR count). The lowest BCUT2D eigenvalue weighted by Gasteiger charge is -2.22. The zero-order chi connectivity index (χ0) is 12.1. The van der Waals surface area contributed by atoms with E-state index in [2.05, 4.69) is 35.8 Å². The van der Waals surface area contributed by atoms with Gasteiger partial charge in [0.25, 0.3) is 0 Å². The first-order valence-electron chi connectivity index (χ1n) is 5.49. The van der Waals surface area contributed by atoms with Crippen molar-refractivity contribution in [1.29, 1.82) is 0 Å². The zero-order valence-electron chi connectivity index (χ0n) is 9.97. The van der Waals surface area contributed by atoms with E-state index in [0.717, 1.165) is 16.6 Å². The van der Waals surface area contributed by atoms with Crippen LogP contribution in [-0.2, 0) is 0 Å². The van der Waals surface area contributed by atoms with Crippen LogP contribution >= 0.6 is 27.5 Å². The van der Waals surface area contributed by atoms with Gasteiger partial charge in [0, 0.05) is 10.4 Å². The van der Waals surface area contributed by atoms with E-state index in [4.69, 9.17) is 16.3 Å². The van der Waals surface area contributed by atoms with Crippen molar-refractivity contribution in [2.75, 3.05) is 13.0 Å². The monoisotopic (exact) mass is 304 g/mol. The summed E-state index contributed by atoms with van der Waals surface area (Å²) in [5.74, 6) is 2.64. The van der Waals surface area contributed by atoms with Gasteiger partial charge in [-0.05, 0) is 42.0 Å². The van der Waals surface area contributed by atoms with Crippen molar-refractivity contribution in [2.45, 2.75) is 26.2 Å². The maximum Gasteiger partial charge on any atom is 0.122 e. The van der Waals surface area contributed by atoms with Crippen LogP contribution in [0, 0.1) is 5.92 Å². The summed E-state index contributed by atoms with van der Waals surface area (Å²) >= 11 is 9.38. The zero-order valence-corrected chi connectivity index (χ0v) is 12.3. The number of ether oxygens (including phenoxy) is 1. The summed E-state index contributed by atoms with van der Waals surface area (Å²) in [6, 6.07) is 6.14. The Kier molecular flexibility index (Phi) is 5.63. The third-order valence-electron chi connectivity index (χ3n) is 2.82. The van der Waals surface area contributed by atoms with Crippen LogP contribution in [-0.4, -0.2) is 13.0 Å². The molecule has 0 heterocycles. The first-order valence-corrected chi connectivity index (χ1v) is 6.82. The summed E-state index contributed by atoms with van der Waals surface area (Å²) in [7, 11) is 1.71. The third-order valence-corrected chi connectivity index (χ3v) is 3.53. The highest BCUT2D eigenvalue weighted by molar-refractivity contribution is 9.10. The van der Waals surface area contributed by atoms with E-state index in [9.17, 15) is 0 Å². The van der Waals surface area contributed by atoms with E-state index in [-0.39, 0.29) is 0 Å². The molecule has 0 aliphatic rings. The molecule has 0 fully saturated rings. The molecular formula is C13H18BrClO. The molecular weight excluding hydrogens is 287 g/mol. The van der Waals surface area contributed by atoms with Crippen LogP contribution in [0.5, 0.6) is 5.75 Å². The van der Waals surface area contributed by atoms with Gasteiger partial charge in [-0.2, -0.15) is 0 Å². The summed E-state index contributed by atoms with van der Waals surface area (Å²) in [5.41, 5.74) is 1.24. The van der Waals surface area contributed by atoms with Crippen molar-refractivity contribution >= 4 is 27.5 Å². The highest BCUT2D eigenvalue weighted by Crippen LogP contribution is 2.36. The lowest BCUT2D eigenvalue weighted by molar-refractivity contribution is 0.392. The lowest BCUT2D eigenvalue weighted by atomic mass is 9.86. The Morgan fingerprint density at radius 1 is 1.38 bits per heavy atom. The van der Waals surface area contributed by atoms with Crippen LogP contribution in [0.15, 0.2) is 22.7 Å². The van der Waals surface area contributed by atoms with Crippen molar-refractivity contribution in [3.05, 3.63) is 28.2 Å². The second-order valence-corrected chi connectivity index (χ2v) is 5.51.